The minimum atomic E-state index is -1.25. The van der Waals surface area contributed by atoms with Gasteiger partial charge in [-0.15, -0.1) is 0 Å². The van der Waals surface area contributed by atoms with Gasteiger partial charge in [-0.05, 0) is 50.3 Å². The van der Waals surface area contributed by atoms with Crippen LogP contribution in [0.25, 0.3) is 0 Å². The summed E-state index contributed by atoms with van der Waals surface area (Å²) in [6.45, 7) is 3.40. The average molecular weight is 359 g/mol. The van der Waals surface area contributed by atoms with Gasteiger partial charge < -0.3 is 20.1 Å². The molecule has 0 spiro atoms. The van der Waals surface area contributed by atoms with Gasteiger partial charge in [0, 0.05) is 6.04 Å². The molecule has 1 saturated carbocycles. The molecule has 2 aliphatic heterocycles. The average Bonchev–Trinajstić information content (AvgIpc) is 3.31. The molecule has 1 saturated heterocycles. The van der Waals surface area contributed by atoms with Gasteiger partial charge >= 0.3 is 6.03 Å². The van der Waals surface area contributed by atoms with Crippen molar-refractivity contribution in [3.63, 3.8) is 0 Å². The number of fused-ring (bicyclic) bond motifs is 1. The van der Waals surface area contributed by atoms with Gasteiger partial charge in [-0.2, -0.15) is 0 Å². The van der Waals surface area contributed by atoms with Crippen LogP contribution in [-0.4, -0.2) is 42.1 Å². The van der Waals surface area contributed by atoms with Crippen LogP contribution in [-0.2, 0) is 15.1 Å². The van der Waals surface area contributed by atoms with E-state index in [4.69, 9.17) is 9.47 Å². The minimum Gasteiger partial charge on any atom is -0.454 e. The van der Waals surface area contributed by atoms with E-state index in [1.165, 1.54) is 0 Å². The maximum Gasteiger partial charge on any atom is 0.325 e. The molecule has 8 nitrogen and oxygen atoms in total. The number of urea groups is 1. The summed E-state index contributed by atoms with van der Waals surface area (Å²) in [6, 6.07) is 4.58. The van der Waals surface area contributed by atoms with Crippen LogP contribution in [0.15, 0.2) is 18.2 Å². The zero-order valence-electron chi connectivity index (χ0n) is 14.7. The van der Waals surface area contributed by atoms with Crippen LogP contribution in [0.5, 0.6) is 11.5 Å². The van der Waals surface area contributed by atoms with E-state index in [-0.39, 0.29) is 25.3 Å². The Morgan fingerprint density at radius 2 is 2.08 bits per heavy atom. The molecule has 1 aromatic carbocycles. The SMILES string of the molecule is C[C@@H](NC(=O)CN1C(=O)N[C@](C)(c2ccc3c(c2)OCO3)C1=O)C1CC1. The lowest BCUT2D eigenvalue weighted by Gasteiger charge is -2.22. The van der Waals surface area contributed by atoms with Gasteiger partial charge in [-0.3, -0.25) is 14.5 Å². The van der Waals surface area contributed by atoms with Gasteiger partial charge in [0.05, 0.1) is 0 Å². The van der Waals surface area contributed by atoms with E-state index >= 15 is 0 Å². The molecule has 2 N–H and O–H groups in total. The molecule has 0 aromatic heterocycles. The van der Waals surface area contributed by atoms with E-state index in [1.54, 1.807) is 25.1 Å². The second-order valence-corrected chi connectivity index (χ2v) is 7.21. The molecule has 2 atom stereocenters. The molecular formula is C18H21N3O5. The molecule has 0 radical (unpaired) electrons. The second-order valence-electron chi connectivity index (χ2n) is 7.21. The first kappa shape index (κ1) is 16.7. The Labute approximate surface area is 150 Å². The van der Waals surface area contributed by atoms with E-state index < -0.39 is 17.5 Å². The lowest BCUT2D eigenvalue weighted by Crippen LogP contribution is -2.45. The molecule has 0 unspecified atom stereocenters. The molecular weight excluding hydrogens is 338 g/mol. The normalized spacial score (nSPS) is 25.2. The Morgan fingerprint density at radius 3 is 2.81 bits per heavy atom. The molecule has 2 heterocycles. The summed E-state index contributed by atoms with van der Waals surface area (Å²) < 4.78 is 10.6. The third-order valence-corrected chi connectivity index (χ3v) is 5.24. The Balaban J connectivity index is 1.50. The lowest BCUT2D eigenvalue weighted by molar-refractivity contribution is -0.135. The number of ether oxygens (including phenoxy) is 2. The topological polar surface area (TPSA) is 97.0 Å². The van der Waals surface area contributed by atoms with Crippen molar-refractivity contribution in [1.82, 2.24) is 15.5 Å². The molecule has 138 valence electrons. The van der Waals surface area contributed by atoms with Crippen molar-refractivity contribution in [2.45, 2.75) is 38.3 Å². The third kappa shape index (κ3) is 2.75. The fourth-order valence-electron chi connectivity index (χ4n) is 3.40. The fourth-order valence-corrected chi connectivity index (χ4v) is 3.40. The quantitative estimate of drug-likeness (QED) is 0.768. The summed E-state index contributed by atoms with van der Waals surface area (Å²) >= 11 is 0. The zero-order valence-corrected chi connectivity index (χ0v) is 14.7. The van der Waals surface area contributed by atoms with Crippen molar-refractivity contribution in [3.05, 3.63) is 23.8 Å². The number of rotatable bonds is 5. The first-order chi connectivity index (χ1) is 12.4. The standard InChI is InChI=1S/C18H21N3O5/c1-10(11-3-4-11)19-15(22)8-21-16(23)18(2,20-17(21)24)12-5-6-13-14(7-12)26-9-25-13/h5-7,10-11H,3-4,8-9H2,1-2H3,(H,19,22)(H,20,24)/t10-,18-/m1/s1. The van der Waals surface area contributed by atoms with Crippen LogP contribution in [0.2, 0.25) is 0 Å². The summed E-state index contributed by atoms with van der Waals surface area (Å²) in [5.41, 5.74) is -0.671. The third-order valence-electron chi connectivity index (χ3n) is 5.24. The summed E-state index contributed by atoms with van der Waals surface area (Å²) in [4.78, 5) is 38.4. The Bertz CT molecular complexity index is 791. The van der Waals surface area contributed by atoms with Gasteiger partial charge in [0.15, 0.2) is 11.5 Å². The van der Waals surface area contributed by atoms with Gasteiger partial charge in [-0.25, -0.2) is 4.79 Å². The summed E-state index contributed by atoms with van der Waals surface area (Å²) in [5, 5.41) is 5.55. The monoisotopic (exact) mass is 359 g/mol. The Kier molecular flexibility index (Phi) is 3.78. The van der Waals surface area contributed by atoms with Crippen molar-refractivity contribution in [3.8, 4) is 11.5 Å². The number of carbonyl (C=O) groups is 3. The largest absolute Gasteiger partial charge is 0.454 e. The highest BCUT2D eigenvalue weighted by atomic mass is 16.7. The van der Waals surface area contributed by atoms with Crippen molar-refractivity contribution < 1.29 is 23.9 Å². The van der Waals surface area contributed by atoms with Gasteiger partial charge in [-0.1, -0.05) is 6.07 Å². The Morgan fingerprint density at radius 1 is 1.35 bits per heavy atom. The molecule has 2 fully saturated rings. The summed E-state index contributed by atoms with van der Waals surface area (Å²) in [5.74, 6) is 0.832. The van der Waals surface area contributed by atoms with Crippen LogP contribution in [0.1, 0.15) is 32.3 Å². The van der Waals surface area contributed by atoms with Crippen LogP contribution >= 0.6 is 0 Å². The van der Waals surface area contributed by atoms with Gasteiger partial charge in [0.2, 0.25) is 12.7 Å². The smallest absolute Gasteiger partial charge is 0.325 e. The summed E-state index contributed by atoms with van der Waals surface area (Å²) in [6.07, 6.45) is 2.21. The highest BCUT2D eigenvalue weighted by Crippen LogP contribution is 2.38. The second kappa shape index (κ2) is 5.89. The van der Waals surface area contributed by atoms with E-state index in [1.807, 2.05) is 6.92 Å². The van der Waals surface area contributed by atoms with E-state index in [0.717, 1.165) is 17.7 Å². The predicted molar refractivity (Wildman–Crippen MR) is 90.5 cm³/mol. The number of nitrogens with one attached hydrogen (secondary N) is 2. The van der Waals surface area contributed by atoms with Gasteiger partial charge in [0.25, 0.3) is 5.91 Å². The van der Waals surface area contributed by atoms with Gasteiger partial charge in [0.1, 0.15) is 12.1 Å². The maximum absolute atomic E-state index is 12.9. The van der Waals surface area contributed by atoms with Crippen LogP contribution in [0.3, 0.4) is 0 Å². The zero-order chi connectivity index (χ0) is 18.5. The number of carbonyl (C=O) groups excluding carboxylic acids is 3. The number of amides is 4. The van der Waals surface area contributed by atoms with Crippen molar-refractivity contribution in [1.29, 1.82) is 0 Å². The first-order valence-electron chi connectivity index (χ1n) is 8.72. The molecule has 8 heteroatoms. The van der Waals surface area contributed by atoms with E-state index in [2.05, 4.69) is 10.6 Å². The highest BCUT2D eigenvalue weighted by molar-refractivity contribution is 6.09. The lowest BCUT2D eigenvalue weighted by atomic mass is 9.91. The highest BCUT2D eigenvalue weighted by Gasteiger charge is 2.50. The molecule has 1 aliphatic carbocycles. The molecule has 26 heavy (non-hydrogen) atoms. The van der Waals surface area contributed by atoms with Crippen LogP contribution < -0.4 is 20.1 Å². The van der Waals surface area contributed by atoms with E-state index in [0.29, 0.717) is 23.0 Å². The molecule has 3 aliphatic rings. The molecule has 0 bridgehead atoms. The number of imide groups is 1. The maximum atomic E-state index is 12.9. The molecule has 1 aromatic rings. The molecule has 4 rings (SSSR count). The van der Waals surface area contributed by atoms with Crippen molar-refractivity contribution >= 4 is 17.8 Å². The summed E-state index contributed by atoms with van der Waals surface area (Å²) in [7, 11) is 0. The predicted octanol–water partition coefficient (Wildman–Crippen LogP) is 1.10. The van der Waals surface area contributed by atoms with Crippen LogP contribution in [0, 0.1) is 5.92 Å². The van der Waals surface area contributed by atoms with Crippen molar-refractivity contribution in [2.24, 2.45) is 5.92 Å². The minimum absolute atomic E-state index is 0.0588. The van der Waals surface area contributed by atoms with E-state index in [9.17, 15) is 14.4 Å². The van der Waals surface area contributed by atoms with Crippen molar-refractivity contribution in [2.75, 3.05) is 13.3 Å². The number of nitrogens with zero attached hydrogens (tertiary/aromatic N) is 1. The fraction of sp³-hybridized carbons (Fsp3) is 0.500. The number of hydrogen-bond acceptors (Lipinski definition) is 5. The number of benzene rings is 1. The first-order valence-corrected chi connectivity index (χ1v) is 8.72. The molecule has 4 amide bonds. The Hall–Kier alpha value is -2.77. The van der Waals surface area contributed by atoms with Crippen LogP contribution in [0.4, 0.5) is 4.79 Å². The number of hydrogen-bond donors (Lipinski definition) is 2.